The second kappa shape index (κ2) is 6.63. The Labute approximate surface area is 160 Å². The van der Waals surface area contributed by atoms with Gasteiger partial charge in [-0.05, 0) is 44.4 Å². The number of nitrogens with one attached hydrogen (secondary N) is 2. The van der Waals surface area contributed by atoms with Gasteiger partial charge in [-0.1, -0.05) is 6.07 Å². The highest BCUT2D eigenvalue weighted by molar-refractivity contribution is 6.13. The van der Waals surface area contributed by atoms with Crippen LogP contribution >= 0.6 is 0 Å². The third-order valence-electron chi connectivity index (χ3n) is 4.88. The van der Waals surface area contributed by atoms with Crippen molar-refractivity contribution in [1.82, 2.24) is 9.55 Å². The highest BCUT2D eigenvalue weighted by atomic mass is 16.3. The van der Waals surface area contributed by atoms with Gasteiger partial charge in [0.15, 0.2) is 0 Å². The van der Waals surface area contributed by atoms with Crippen LogP contribution in [0.2, 0.25) is 0 Å². The number of anilines is 2. The van der Waals surface area contributed by atoms with Gasteiger partial charge in [-0.3, -0.25) is 14.4 Å². The minimum atomic E-state index is -0.463. The smallest absolute Gasteiger partial charge is 0.265 e. The predicted molar refractivity (Wildman–Crippen MR) is 104 cm³/mol. The number of aryl methyl sites for hydroxylation is 3. The van der Waals surface area contributed by atoms with E-state index in [1.165, 1.54) is 10.9 Å². The Hall–Kier alpha value is -3.42. The van der Waals surface area contributed by atoms with E-state index in [-0.39, 0.29) is 34.0 Å². The molecule has 0 saturated heterocycles. The van der Waals surface area contributed by atoms with Gasteiger partial charge >= 0.3 is 0 Å². The van der Waals surface area contributed by atoms with Crippen LogP contribution in [0.1, 0.15) is 34.5 Å². The first kappa shape index (κ1) is 18.0. The number of carbonyl (C=O) groups excluding carboxylic acids is 2. The molecule has 0 unspecified atom stereocenters. The van der Waals surface area contributed by atoms with E-state index in [2.05, 4.69) is 15.6 Å². The van der Waals surface area contributed by atoms with Gasteiger partial charge in [-0.15, -0.1) is 0 Å². The lowest BCUT2D eigenvalue weighted by Crippen LogP contribution is -2.21. The van der Waals surface area contributed by atoms with Crippen LogP contribution in [0.25, 0.3) is 11.1 Å². The van der Waals surface area contributed by atoms with Crippen LogP contribution < -0.4 is 16.2 Å². The maximum Gasteiger partial charge on any atom is 0.265 e. The molecule has 0 aliphatic heterocycles. The summed E-state index contributed by atoms with van der Waals surface area (Å²) in [5.74, 6) is -0.0651. The first-order valence-electron chi connectivity index (χ1n) is 9.02. The monoisotopic (exact) mass is 380 g/mol. The fraction of sp³-hybridized carbons (Fsp3) is 0.300. The summed E-state index contributed by atoms with van der Waals surface area (Å²) in [6, 6.07) is 5.32. The minimum Gasteiger partial charge on any atom is -0.442 e. The molecule has 1 saturated carbocycles. The lowest BCUT2D eigenvalue weighted by atomic mass is 10.1. The normalized spacial score (nSPS) is 13.5. The fourth-order valence-electron chi connectivity index (χ4n) is 3.07. The number of carbonyl (C=O) groups is 2. The van der Waals surface area contributed by atoms with Crippen molar-refractivity contribution in [3.8, 4) is 0 Å². The van der Waals surface area contributed by atoms with Gasteiger partial charge in [0.05, 0.1) is 5.56 Å². The van der Waals surface area contributed by atoms with Gasteiger partial charge in [-0.25, -0.2) is 4.98 Å². The summed E-state index contributed by atoms with van der Waals surface area (Å²) in [7, 11) is 1.56. The molecule has 1 aromatic carbocycles. The number of fused-ring (bicyclic) bond motifs is 1. The lowest BCUT2D eigenvalue weighted by molar-refractivity contribution is -0.117. The van der Waals surface area contributed by atoms with Crippen LogP contribution in [0.5, 0.6) is 0 Å². The molecule has 8 nitrogen and oxygen atoms in total. The maximum absolute atomic E-state index is 12.9. The van der Waals surface area contributed by atoms with E-state index >= 15 is 0 Å². The Balaban J connectivity index is 1.66. The van der Waals surface area contributed by atoms with E-state index in [1.807, 2.05) is 13.0 Å². The standard InChI is InChI=1S/C20H20N4O4/c1-10-4-7-13(22-17(25)12-5-6-12)8-14(10)23-18(26)15-11(2)28-19-16(15)20(27)24(3)9-21-19/h4,7-9,12H,5-6H2,1-3H3,(H,22,25)(H,23,26). The highest BCUT2D eigenvalue weighted by Crippen LogP contribution is 2.31. The lowest BCUT2D eigenvalue weighted by Gasteiger charge is -2.11. The summed E-state index contributed by atoms with van der Waals surface area (Å²) in [6.45, 7) is 3.47. The number of benzene rings is 1. The van der Waals surface area contributed by atoms with Crippen LogP contribution in [0.15, 0.2) is 33.7 Å². The zero-order valence-electron chi connectivity index (χ0n) is 15.8. The van der Waals surface area contributed by atoms with Crippen molar-refractivity contribution >= 4 is 34.3 Å². The molecule has 1 aliphatic carbocycles. The van der Waals surface area contributed by atoms with Gasteiger partial charge in [0, 0.05) is 24.3 Å². The Morgan fingerprint density at radius 3 is 2.68 bits per heavy atom. The fourth-order valence-corrected chi connectivity index (χ4v) is 3.07. The molecule has 1 aliphatic rings. The van der Waals surface area contributed by atoms with E-state index in [0.29, 0.717) is 17.1 Å². The van der Waals surface area contributed by atoms with Crippen molar-refractivity contribution in [2.24, 2.45) is 13.0 Å². The molecule has 3 aromatic rings. The number of nitrogens with zero attached hydrogens (tertiary/aromatic N) is 2. The average molecular weight is 380 g/mol. The average Bonchev–Trinajstić information content (AvgIpc) is 3.44. The largest absolute Gasteiger partial charge is 0.442 e. The SMILES string of the molecule is Cc1ccc(NC(=O)C2CC2)cc1NC(=O)c1c(C)oc2ncn(C)c(=O)c12. The Morgan fingerprint density at radius 1 is 1.21 bits per heavy atom. The van der Waals surface area contributed by atoms with Gasteiger partial charge in [-0.2, -0.15) is 0 Å². The molecule has 28 heavy (non-hydrogen) atoms. The number of hydrogen-bond acceptors (Lipinski definition) is 5. The van der Waals surface area contributed by atoms with Crippen molar-refractivity contribution in [3.05, 3.63) is 51.8 Å². The molecule has 2 N–H and O–H groups in total. The summed E-state index contributed by atoms with van der Waals surface area (Å²) >= 11 is 0. The molecule has 2 heterocycles. The van der Waals surface area contributed by atoms with Crippen molar-refractivity contribution in [2.75, 3.05) is 10.6 Å². The summed E-state index contributed by atoms with van der Waals surface area (Å²) < 4.78 is 6.79. The Kier molecular flexibility index (Phi) is 4.26. The number of hydrogen-bond donors (Lipinski definition) is 2. The van der Waals surface area contributed by atoms with E-state index in [1.54, 1.807) is 26.1 Å². The quantitative estimate of drug-likeness (QED) is 0.724. The van der Waals surface area contributed by atoms with Crippen molar-refractivity contribution in [1.29, 1.82) is 0 Å². The van der Waals surface area contributed by atoms with Gasteiger partial charge in [0.2, 0.25) is 11.6 Å². The van der Waals surface area contributed by atoms with Crippen LogP contribution in [-0.2, 0) is 11.8 Å². The van der Waals surface area contributed by atoms with Crippen LogP contribution in [0.4, 0.5) is 11.4 Å². The number of rotatable bonds is 4. The van der Waals surface area contributed by atoms with Gasteiger partial charge in [0.1, 0.15) is 17.5 Å². The number of furan rings is 1. The van der Waals surface area contributed by atoms with Crippen molar-refractivity contribution in [2.45, 2.75) is 26.7 Å². The van der Waals surface area contributed by atoms with Gasteiger partial charge in [0.25, 0.3) is 11.5 Å². The molecule has 0 spiro atoms. The Morgan fingerprint density at radius 2 is 1.96 bits per heavy atom. The highest BCUT2D eigenvalue weighted by Gasteiger charge is 2.29. The second-order valence-corrected chi connectivity index (χ2v) is 7.12. The molecular formula is C20H20N4O4. The zero-order chi connectivity index (χ0) is 20.0. The summed E-state index contributed by atoms with van der Waals surface area (Å²) in [6.07, 6.45) is 3.18. The summed E-state index contributed by atoms with van der Waals surface area (Å²) in [5, 5.41) is 5.84. The molecule has 0 radical (unpaired) electrons. The molecule has 144 valence electrons. The van der Waals surface area contributed by atoms with Crippen LogP contribution in [0.3, 0.4) is 0 Å². The molecular weight excluding hydrogens is 360 g/mol. The van der Waals surface area contributed by atoms with Gasteiger partial charge < -0.3 is 19.6 Å². The molecule has 0 bridgehead atoms. The second-order valence-electron chi connectivity index (χ2n) is 7.12. The topological polar surface area (TPSA) is 106 Å². The molecule has 4 rings (SSSR count). The van der Waals surface area contributed by atoms with Crippen molar-refractivity contribution in [3.63, 3.8) is 0 Å². The molecule has 2 aromatic heterocycles. The number of aromatic nitrogens is 2. The van der Waals surface area contributed by atoms with Crippen LogP contribution in [0, 0.1) is 19.8 Å². The third-order valence-corrected chi connectivity index (χ3v) is 4.88. The summed E-state index contributed by atoms with van der Waals surface area (Å²) in [4.78, 5) is 41.5. The first-order chi connectivity index (χ1) is 13.3. The van der Waals surface area contributed by atoms with E-state index in [9.17, 15) is 14.4 Å². The molecule has 2 amide bonds. The third kappa shape index (κ3) is 3.17. The molecule has 1 fully saturated rings. The summed E-state index contributed by atoms with van der Waals surface area (Å²) in [5.41, 5.74) is 1.93. The van der Waals surface area contributed by atoms with E-state index in [4.69, 9.17) is 4.42 Å². The first-order valence-corrected chi connectivity index (χ1v) is 9.02. The Bertz CT molecular complexity index is 1170. The predicted octanol–water partition coefficient (Wildman–Crippen LogP) is 2.74. The maximum atomic E-state index is 12.9. The van der Waals surface area contributed by atoms with Crippen molar-refractivity contribution < 1.29 is 14.0 Å². The molecule has 0 atom stereocenters. The van der Waals surface area contributed by atoms with E-state index < -0.39 is 5.91 Å². The minimum absolute atomic E-state index is 0.00706. The van der Waals surface area contributed by atoms with Crippen LogP contribution in [-0.4, -0.2) is 21.4 Å². The molecule has 8 heteroatoms. The van der Waals surface area contributed by atoms with E-state index in [0.717, 1.165) is 18.4 Å². The number of amides is 2. The zero-order valence-corrected chi connectivity index (χ0v) is 15.8.